The Morgan fingerprint density at radius 1 is 1.34 bits per heavy atom. The Kier molecular flexibility index (Phi) is 7.02. The van der Waals surface area contributed by atoms with Gasteiger partial charge in [-0.3, -0.25) is 0 Å². The van der Waals surface area contributed by atoms with Gasteiger partial charge in [0.2, 0.25) is 0 Å². The van der Waals surface area contributed by atoms with Crippen LogP contribution in [0.25, 0.3) is 10.1 Å². The van der Waals surface area contributed by atoms with E-state index in [1.807, 2.05) is 20.0 Å². The molecule has 1 aromatic carbocycles. The number of carboxylic acid groups (broad SMARTS) is 1. The molecule has 2 heterocycles. The number of rotatable bonds is 4. The van der Waals surface area contributed by atoms with E-state index in [0.29, 0.717) is 6.54 Å². The summed E-state index contributed by atoms with van der Waals surface area (Å²) < 4.78 is 48.4. The smallest absolute Gasteiger partial charge is 0.475 e. The summed E-state index contributed by atoms with van der Waals surface area (Å²) in [5.41, 5.74) is 3.39. The normalized spacial score (nSPS) is 12.6. The molecule has 0 fully saturated rings. The molecule has 0 aliphatic carbocycles. The second-order valence-electron chi connectivity index (χ2n) is 6.50. The Labute approximate surface area is 169 Å². The minimum Gasteiger partial charge on any atom is -0.475 e. The standard InChI is InChI=1S/C17H20FN3S.C2HF3O2/c1-10(17-11(2)21(4)12(3)20-17)19-8-13-9-22-16-6-5-14(18)7-15(13)16;3-2(4,5)1(6)7/h5-7,9-10,19H,8H2,1-4H3;(H,6,7). The van der Waals surface area contributed by atoms with Crippen LogP contribution in [0.4, 0.5) is 17.6 Å². The number of imidazole rings is 1. The SMILES string of the molecule is Cc1nc(C(C)NCc2csc3ccc(F)cc23)c(C)n1C.O=C(O)C(F)(F)F. The Bertz CT molecular complexity index is 1010. The van der Waals surface area contributed by atoms with Crippen LogP contribution in [0.5, 0.6) is 0 Å². The fourth-order valence-electron chi connectivity index (χ4n) is 2.71. The summed E-state index contributed by atoms with van der Waals surface area (Å²) in [6, 6.07) is 5.13. The van der Waals surface area contributed by atoms with E-state index in [1.54, 1.807) is 17.4 Å². The van der Waals surface area contributed by atoms with Crippen molar-refractivity contribution in [3.05, 3.63) is 52.2 Å². The number of alkyl halides is 3. The van der Waals surface area contributed by atoms with Gasteiger partial charge in [0.05, 0.1) is 5.69 Å². The number of nitrogens with zero attached hydrogens (tertiary/aromatic N) is 2. The van der Waals surface area contributed by atoms with E-state index in [4.69, 9.17) is 9.90 Å². The van der Waals surface area contributed by atoms with Gasteiger partial charge in [0, 0.05) is 30.0 Å². The largest absolute Gasteiger partial charge is 0.490 e. The average molecular weight is 431 g/mol. The Morgan fingerprint density at radius 2 is 1.97 bits per heavy atom. The second kappa shape index (κ2) is 8.91. The van der Waals surface area contributed by atoms with E-state index in [0.717, 1.165) is 27.2 Å². The number of aryl methyl sites for hydroxylation is 1. The number of nitrogens with one attached hydrogen (secondary N) is 1. The minimum absolute atomic E-state index is 0.156. The highest BCUT2D eigenvalue weighted by Crippen LogP contribution is 2.27. The molecule has 0 saturated carbocycles. The molecule has 1 unspecified atom stereocenters. The zero-order valence-corrected chi connectivity index (χ0v) is 17.1. The maximum Gasteiger partial charge on any atom is 0.490 e. The van der Waals surface area contributed by atoms with E-state index >= 15 is 0 Å². The summed E-state index contributed by atoms with van der Waals surface area (Å²) in [7, 11) is 2.03. The second-order valence-corrected chi connectivity index (χ2v) is 7.41. The predicted molar refractivity (Wildman–Crippen MR) is 103 cm³/mol. The molecular formula is C19H21F4N3O2S. The summed E-state index contributed by atoms with van der Waals surface area (Å²) in [4.78, 5) is 13.5. The summed E-state index contributed by atoms with van der Waals surface area (Å²) in [5.74, 6) is -1.92. The number of carboxylic acids is 1. The lowest BCUT2D eigenvalue weighted by molar-refractivity contribution is -0.192. The number of benzene rings is 1. The molecule has 3 aromatic rings. The van der Waals surface area contributed by atoms with Gasteiger partial charge in [-0.25, -0.2) is 14.2 Å². The molecule has 5 nitrogen and oxygen atoms in total. The highest BCUT2D eigenvalue weighted by Gasteiger charge is 2.38. The fourth-order valence-corrected chi connectivity index (χ4v) is 3.65. The molecule has 1 atom stereocenters. The van der Waals surface area contributed by atoms with E-state index in [1.165, 1.54) is 11.8 Å². The maximum atomic E-state index is 13.4. The lowest BCUT2D eigenvalue weighted by atomic mass is 10.1. The van der Waals surface area contributed by atoms with Crippen LogP contribution < -0.4 is 5.32 Å². The summed E-state index contributed by atoms with van der Waals surface area (Å²) in [6.45, 7) is 6.92. The van der Waals surface area contributed by atoms with Crippen molar-refractivity contribution in [2.45, 2.75) is 39.5 Å². The van der Waals surface area contributed by atoms with E-state index in [2.05, 4.69) is 34.1 Å². The number of hydrogen-bond donors (Lipinski definition) is 2. The first-order valence-electron chi connectivity index (χ1n) is 8.60. The molecule has 0 amide bonds. The van der Waals surface area contributed by atoms with Crippen molar-refractivity contribution in [3.63, 3.8) is 0 Å². The third-order valence-corrected chi connectivity index (χ3v) is 5.52. The predicted octanol–water partition coefficient (Wildman–Crippen LogP) is 4.87. The molecule has 0 aliphatic rings. The summed E-state index contributed by atoms with van der Waals surface area (Å²) >= 11 is 1.65. The van der Waals surface area contributed by atoms with E-state index in [-0.39, 0.29) is 11.9 Å². The maximum absolute atomic E-state index is 13.4. The van der Waals surface area contributed by atoms with Crippen LogP contribution in [0.2, 0.25) is 0 Å². The van der Waals surface area contributed by atoms with E-state index in [9.17, 15) is 17.6 Å². The lowest BCUT2D eigenvalue weighted by Gasteiger charge is -2.12. The van der Waals surface area contributed by atoms with Gasteiger partial charge >= 0.3 is 12.1 Å². The van der Waals surface area contributed by atoms with E-state index < -0.39 is 12.1 Å². The average Bonchev–Trinajstić information content (AvgIpc) is 3.15. The van der Waals surface area contributed by atoms with Gasteiger partial charge in [-0.1, -0.05) is 0 Å². The monoisotopic (exact) mass is 431 g/mol. The van der Waals surface area contributed by atoms with Crippen LogP contribution in [0.3, 0.4) is 0 Å². The Hall–Kier alpha value is -2.46. The molecule has 0 aliphatic heterocycles. The zero-order chi connectivity index (χ0) is 21.9. The Balaban J connectivity index is 0.000000370. The van der Waals surface area contributed by atoms with Gasteiger partial charge in [-0.2, -0.15) is 13.2 Å². The fraction of sp³-hybridized carbons (Fsp3) is 0.368. The Morgan fingerprint density at radius 3 is 2.48 bits per heavy atom. The van der Waals surface area contributed by atoms with Gasteiger partial charge in [0.15, 0.2) is 0 Å². The number of hydrogen-bond acceptors (Lipinski definition) is 4. The molecule has 2 aromatic heterocycles. The van der Waals surface area contributed by atoms with Gasteiger partial charge in [0.25, 0.3) is 0 Å². The third-order valence-electron chi connectivity index (χ3n) is 4.51. The molecule has 10 heteroatoms. The minimum atomic E-state index is -5.08. The van der Waals surface area contributed by atoms with Crippen molar-refractivity contribution in [2.75, 3.05) is 0 Å². The molecule has 158 valence electrons. The van der Waals surface area contributed by atoms with Crippen molar-refractivity contribution in [1.82, 2.24) is 14.9 Å². The molecule has 0 saturated heterocycles. The van der Waals surface area contributed by atoms with Crippen LogP contribution in [0, 0.1) is 19.7 Å². The third kappa shape index (κ3) is 5.54. The van der Waals surface area contributed by atoms with Crippen molar-refractivity contribution in [2.24, 2.45) is 7.05 Å². The number of thiophene rings is 1. The molecule has 29 heavy (non-hydrogen) atoms. The number of fused-ring (bicyclic) bond motifs is 1. The summed E-state index contributed by atoms with van der Waals surface area (Å²) in [6.07, 6.45) is -5.08. The number of halogens is 4. The van der Waals surface area contributed by atoms with Crippen LogP contribution in [0.1, 0.15) is 35.7 Å². The zero-order valence-electron chi connectivity index (χ0n) is 16.3. The van der Waals surface area contributed by atoms with Crippen LogP contribution >= 0.6 is 11.3 Å². The number of aromatic nitrogens is 2. The van der Waals surface area contributed by atoms with Gasteiger partial charge in [0.1, 0.15) is 11.6 Å². The van der Waals surface area contributed by atoms with Crippen LogP contribution in [-0.4, -0.2) is 26.8 Å². The van der Waals surface area contributed by atoms with Crippen LogP contribution in [0.15, 0.2) is 23.6 Å². The van der Waals surface area contributed by atoms with Crippen molar-refractivity contribution in [3.8, 4) is 0 Å². The van der Waals surface area contributed by atoms with Crippen molar-refractivity contribution < 1.29 is 27.5 Å². The van der Waals surface area contributed by atoms with Gasteiger partial charge in [-0.05, 0) is 55.3 Å². The first-order chi connectivity index (χ1) is 13.4. The first-order valence-corrected chi connectivity index (χ1v) is 9.48. The summed E-state index contributed by atoms with van der Waals surface area (Å²) in [5, 5.41) is 13.7. The van der Waals surface area contributed by atoms with Gasteiger partial charge in [-0.15, -0.1) is 11.3 Å². The molecule has 3 rings (SSSR count). The highest BCUT2D eigenvalue weighted by molar-refractivity contribution is 7.17. The molecule has 2 N–H and O–H groups in total. The molecule has 0 bridgehead atoms. The topological polar surface area (TPSA) is 67.2 Å². The molecule has 0 spiro atoms. The first kappa shape index (κ1) is 22.8. The van der Waals surface area contributed by atoms with Crippen LogP contribution in [-0.2, 0) is 18.4 Å². The van der Waals surface area contributed by atoms with Gasteiger partial charge < -0.3 is 15.0 Å². The highest BCUT2D eigenvalue weighted by atomic mass is 32.1. The quantitative estimate of drug-likeness (QED) is 0.578. The lowest BCUT2D eigenvalue weighted by Crippen LogP contribution is -2.21. The number of aliphatic carboxylic acids is 1. The number of carbonyl (C=O) groups is 1. The molecule has 0 radical (unpaired) electrons. The van der Waals surface area contributed by atoms with Crippen molar-refractivity contribution in [1.29, 1.82) is 0 Å². The molecular weight excluding hydrogens is 410 g/mol. The van der Waals surface area contributed by atoms with Crippen molar-refractivity contribution >= 4 is 27.4 Å².